The Bertz CT molecular complexity index is 579. The molecule has 1 aromatic heterocycles. The number of amides is 2. The number of rotatable bonds is 3. The first-order valence-electron chi connectivity index (χ1n) is 7.01. The number of anilines is 1. The van der Waals surface area contributed by atoms with Crippen molar-refractivity contribution < 1.29 is 22.8 Å². The first-order valence-corrected chi connectivity index (χ1v) is 7.01. The van der Waals surface area contributed by atoms with Crippen LogP contribution in [-0.4, -0.2) is 41.5 Å². The summed E-state index contributed by atoms with van der Waals surface area (Å²) in [6.07, 6.45) is -3.20. The number of nitrogens with one attached hydrogen (secondary N) is 1. The number of hydrogen-bond donors (Lipinski definition) is 2. The summed E-state index contributed by atoms with van der Waals surface area (Å²) in [5.74, 6) is -1.55. The van der Waals surface area contributed by atoms with Gasteiger partial charge in [0, 0.05) is 20.0 Å². The van der Waals surface area contributed by atoms with Crippen molar-refractivity contribution in [3.05, 3.63) is 24.0 Å². The van der Waals surface area contributed by atoms with Gasteiger partial charge < -0.3 is 16.0 Å². The Morgan fingerprint density at radius 3 is 2.65 bits per heavy atom. The third-order valence-corrected chi connectivity index (χ3v) is 3.75. The van der Waals surface area contributed by atoms with E-state index in [0.29, 0.717) is 4.90 Å². The maximum absolute atomic E-state index is 13.4. The Hall–Kier alpha value is -2.32. The number of pyridine rings is 1. The molecule has 1 fully saturated rings. The summed E-state index contributed by atoms with van der Waals surface area (Å²) in [6, 6.07) is 0.299. The van der Waals surface area contributed by atoms with Crippen LogP contribution in [-0.2, 0) is 9.59 Å². The van der Waals surface area contributed by atoms with Gasteiger partial charge in [0.2, 0.25) is 11.8 Å². The quantitative estimate of drug-likeness (QED) is 0.873. The van der Waals surface area contributed by atoms with Crippen LogP contribution in [0.1, 0.15) is 24.6 Å². The largest absolute Gasteiger partial charge is 0.414 e. The summed E-state index contributed by atoms with van der Waals surface area (Å²) in [4.78, 5) is 27.8. The molecule has 1 saturated heterocycles. The molecule has 0 aromatic carbocycles. The first-order chi connectivity index (χ1) is 10.7. The Morgan fingerprint density at radius 1 is 1.48 bits per heavy atom. The number of nitrogen functional groups attached to an aromatic ring is 1. The van der Waals surface area contributed by atoms with Crippen LogP contribution >= 0.6 is 0 Å². The summed E-state index contributed by atoms with van der Waals surface area (Å²) >= 11 is 0. The van der Waals surface area contributed by atoms with Gasteiger partial charge in [-0.05, 0) is 18.6 Å². The fourth-order valence-corrected chi connectivity index (χ4v) is 2.52. The highest BCUT2D eigenvalue weighted by atomic mass is 19.4. The summed E-state index contributed by atoms with van der Waals surface area (Å²) in [5.41, 5.74) is 5.37. The van der Waals surface area contributed by atoms with E-state index >= 15 is 0 Å². The van der Waals surface area contributed by atoms with Crippen LogP contribution < -0.4 is 11.1 Å². The highest BCUT2D eigenvalue weighted by Crippen LogP contribution is 2.37. The van der Waals surface area contributed by atoms with E-state index in [1.165, 1.54) is 6.07 Å². The molecule has 23 heavy (non-hydrogen) atoms. The molecule has 2 heterocycles. The van der Waals surface area contributed by atoms with Gasteiger partial charge in [-0.2, -0.15) is 13.2 Å². The lowest BCUT2D eigenvalue weighted by atomic mass is 9.96. The zero-order chi connectivity index (χ0) is 17.2. The number of piperidine rings is 1. The third kappa shape index (κ3) is 3.91. The van der Waals surface area contributed by atoms with E-state index in [2.05, 4.69) is 10.3 Å². The lowest BCUT2D eigenvalue weighted by Gasteiger charge is -2.33. The Morgan fingerprint density at radius 2 is 2.17 bits per heavy atom. The number of aromatic nitrogens is 1. The van der Waals surface area contributed by atoms with Crippen LogP contribution in [0, 0.1) is 5.92 Å². The standard InChI is InChI=1S/C14H17F3N4O2/c1-21(13(23)8-2-5-11(22)20-6-8)12(14(15,16)17)10-4-3-9(18)7-19-10/h3-4,7-8,12H,2,5-6,18H2,1H3,(H,20,22)/t8-,12?/m0/s1. The smallest absolute Gasteiger partial charge is 0.397 e. The average molecular weight is 330 g/mol. The minimum atomic E-state index is -4.68. The summed E-state index contributed by atoms with van der Waals surface area (Å²) in [7, 11) is 1.09. The average Bonchev–Trinajstić information content (AvgIpc) is 2.48. The topological polar surface area (TPSA) is 88.3 Å². The van der Waals surface area contributed by atoms with Crippen LogP contribution in [0.3, 0.4) is 0 Å². The number of hydrogen-bond acceptors (Lipinski definition) is 4. The molecule has 6 nitrogen and oxygen atoms in total. The molecule has 9 heteroatoms. The van der Waals surface area contributed by atoms with Gasteiger partial charge in [0.1, 0.15) is 0 Å². The van der Waals surface area contributed by atoms with Crippen molar-refractivity contribution in [3.8, 4) is 0 Å². The second-order valence-corrected chi connectivity index (χ2v) is 5.45. The fraction of sp³-hybridized carbons (Fsp3) is 0.500. The second kappa shape index (κ2) is 6.43. The Balaban J connectivity index is 2.23. The molecule has 2 amide bonds. The number of nitrogens with zero attached hydrogens (tertiary/aromatic N) is 2. The predicted octanol–water partition coefficient (Wildman–Crippen LogP) is 1.25. The molecule has 1 aliphatic heterocycles. The molecule has 1 aliphatic rings. The summed E-state index contributed by atoms with van der Waals surface area (Å²) < 4.78 is 40.2. The highest BCUT2D eigenvalue weighted by molar-refractivity contribution is 5.84. The van der Waals surface area contributed by atoms with Crippen molar-refractivity contribution in [2.45, 2.75) is 25.1 Å². The van der Waals surface area contributed by atoms with Gasteiger partial charge in [0.05, 0.1) is 23.5 Å². The van der Waals surface area contributed by atoms with E-state index in [1.54, 1.807) is 0 Å². The minimum absolute atomic E-state index is 0.0434. The fourth-order valence-electron chi connectivity index (χ4n) is 2.52. The number of halogens is 3. The minimum Gasteiger partial charge on any atom is -0.397 e. The van der Waals surface area contributed by atoms with Crippen molar-refractivity contribution in [2.75, 3.05) is 19.3 Å². The molecular formula is C14H17F3N4O2. The molecule has 0 aliphatic carbocycles. The lowest BCUT2D eigenvalue weighted by molar-refractivity contribution is -0.191. The SMILES string of the molecule is CN(C(=O)[C@H]1CCC(=O)NC1)C(c1ccc(N)cn1)C(F)(F)F. The van der Waals surface area contributed by atoms with Gasteiger partial charge in [-0.1, -0.05) is 0 Å². The van der Waals surface area contributed by atoms with Crippen molar-refractivity contribution >= 4 is 17.5 Å². The van der Waals surface area contributed by atoms with Crippen LogP contribution in [0.5, 0.6) is 0 Å². The molecule has 1 unspecified atom stereocenters. The number of carbonyl (C=O) groups is 2. The van der Waals surface area contributed by atoms with Gasteiger partial charge >= 0.3 is 6.18 Å². The predicted molar refractivity (Wildman–Crippen MR) is 75.9 cm³/mol. The number of nitrogens with two attached hydrogens (primary N) is 1. The van der Waals surface area contributed by atoms with Crippen LogP contribution in [0.2, 0.25) is 0 Å². The lowest BCUT2D eigenvalue weighted by Crippen LogP contribution is -2.47. The molecule has 2 atom stereocenters. The molecule has 3 N–H and O–H groups in total. The molecule has 0 bridgehead atoms. The van der Waals surface area contributed by atoms with E-state index in [4.69, 9.17) is 5.73 Å². The van der Waals surface area contributed by atoms with Gasteiger partial charge in [0.25, 0.3) is 0 Å². The van der Waals surface area contributed by atoms with E-state index in [9.17, 15) is 22.8 Å². The van der Waals surface area contributed by atoms with Crippen molar-refractivity contribution in [2.24, 2.45) is 5.92 Å². The van der Waals surface area contributed by atoms with Gasteiger partial charge in [0.15, 0.2) is 6.04 Å². The van der Waals surface area contributed by atoms with Crippen LogP contribution in [0.15, 0.2) is 18.3 Å². The van der Waals surface area contributed by atoms with E-state index in [1.807, 2.05) is 0 Å². The van der Waals surface area contributed by atoms with Crippen molar-refractivity contribution in [3.63, 3.8) is 0 Å². The summed E-state index contributed by atoms with van der Waals surface area (Å²) in [5, 5.41) is 2.49. The second-order valence-electron chi connectivity index (χ2n) is 5.45. The van der Waals surface area contributed by atoms with Crippen molar-refractivity contribution in [1.29, 1.82) is 0 Å². The van der Waals surface area contributed by atoms with Crippen LogP contribution in [0.4, 0.5) is 18.9 Å². The highest BCUT2D eigenvalue weighted by Gasteiger charge is 2.47. The maximum Gasteiger partial charge on any atom is 0.414 e. The zero-order valence-electron chi connectivity index (χ0n) is 12.4. The normalized spacial score (nSPS) is 19.8. The molecule has 2 rings (SSSR count). The molecule has 126 valence electrons. The molecule has 1 aromatic rings. The van der Waals surface area contributed by atoms with E-state index < -0.39 is 24.0 Å². The monoisotopic (exact) mass is 330 g/mol. The maximum atomic E-state index is 13.4. The van der Waals surface area contributed by atoms with Crippen molar-refractivity contribution in [1.82, 2.24) is 15.2 Å². The molecule has 0 saturated carbocycles. The third-order valence-electron chi connectivity index (χ3n) is 3.75. The Labute approximate surface area is 130 Å². The molecule has 0 radical (unpaired) electrons. The van der Waals surface area contributed by atoms with Gasteiger partial charge in [-0.3, -0.25) is 14.6 Å². The number of carbonyl (C=O) groups excluding carboxylic acids is 2. The Kier molecular flexibility index (Phi) is 4.76. The first kappa shape index (κ1) is 17.0. The van der Waals surface area contributed by atoms with E-state index in [-0.39, 0.29) is 36.7 Å². The molecular weight excluding hydrogens is 313 g/mol. The number of alkyl halides is 3. The molecule has 0 spiro atoms. The van der Waals surface area contributed by atoms with E-state index in [0.717, 1.165) is 19.3 Å². The van der Waals surface area contributed by atoms with Crippen LogP contribution in [0.25, 0.3) is 0 Å². The van der Waals surface area contributed by atoms with Gasteiger partial charge in [-0.25, -0.2) is 0 Å². The summed E-state index contributed by atoms with van der Waals surface area (Å²) in [6.45, 7) is 0.0434. The van der Waals surface area contributed by atoms with Gasteiger partial charge in [-0.15, -0.1) is 0 Å². The zero-order valence-corrected chi connectivity index (χ0v) is 12.4.